The number of amides is 1. The summed E-state index contributed by atoms with van der Waals surface area (Å²) in [6, 6.07) is 5.12. The summed E-state index contributed by atoms with van der Waals surface area (Å²) in [5, 5.41) is 2.78. The Morgan fingerprint density at radius 2 is 2.15 bits per heavy atom. The third kappa shape index (κ3) is 2.18. The Labute approximate surface area is 115 Å². The second-order valence-electron chi connectivity index (χ2n) is 4.56. The van der Waals surface area contributed by atoms with E-state index in [9.17, 15) is 9.59 Å². The number of hydrogen-bond donors (Lipinski definition) is 1. The monoisotopic (exact) mass is 271 g/mol. The van der Waals surface area contributed by atoms with Gasteiger partial charge in [-0.05, 0) is 24.3 Å². The third-order valence-electron chi connectivity index (χ3n) is 3.25. The zero-order valence-corrected chi connectivity index (χ0v) is 10.9. The largest absolute Gasteiger partial charge is 0.465 e. The molecule has 2 aliphatic heterocycles. The second kappa shape index (κ2) is 4.85. The standard InChI is InChI=1S/C15H13NO4/c1-19-15(18)10-3-2-9-4-5-11-12(20-13(9)8-10)6-7-14(17)16-11/h2-5,8H,6-7H2,1H3,(H,16,17). The molecule has 1 amide bonds. The molecule has 0 spiro atoms. The average Bonchev–Trinajstić information content (AvgIpc) is 2.64. The zero-order chi connectivity index (χ0) is 14.1. The maximum Gasteiger partial charge on any atom is 0.337 e. The highest BCUT2D eigenvalue weighted by Gasteiger charge is 2.21. The molecule has 2 heterocycles. The number of esters is 1. The smallest absolute Gasteiger partial charge is 0.337 e. The third-order valence-corrected chi connectivity index (χ3v) is 3.25. The van der Waals surface area contributed by atoms with Crippen LogP contribution in [0.1, 0.15) is 28.8 Å². The first-order chi connectivity index (χ1) is 9.67. The van der Waals surface area contributed by atoms with Crippen molar-refractivity contribution in [3.8, 4) is 5.75 Å². The van der Waals surface area contributed by atoms with Crippen molar-refractivity contribution in [3.05, 3.63) is 46.9 Å². The Hall–Kier alpha value is -2.56. The fourth-order valence-electron chi connectivity index (χ4n) is 2.20. The van der Waals surface area contributed by atoms with E-state index in [2.05, 4.69) is 5.32 Å². The van der Waals surface area contributed by atoms with Crippen LogP contribution >= 0.6 is 0 Å². The number of carbonyl (C=O) groups is 2. The van der Waals surface area contributed by atoms with Crippen molar-refractivity contribution in [2.45, 2.75) is 12.8 Å². The van der Waals surface area contributed by atoms with E-state index in [0.717, 1.165) is 5.56 Å². The van der Waals surface area contributed by atoms with Crippen LogP contribution in [-0.2, 0) is 9.53 Å². The number of methoxy groups -OCH3 is 1. The summed E-state index contributed by atoms with van der Waals surface area (Å²) in [7, 11) is 1.34. The van der Waals surface area contributed by atoms with Gasteiger partial charge < -0.3 is 14.8 Å². The van der Waals surface area contributed by atoms with Crippen LogP contribution in [0.25, 0.3) is 6.08 Å². The second-order valence-corrected chi connectivity index (χ2v) is 4.56. The summed E-state index contributed by atoms with van der Waals surface area (Å²) < 4.78 is 10.5. The van der Waals surface area contributed by atoms with E-state index in [0.29, 0.717) is 35.6 Å². The van der Waals surface area contributed by atoms with Gasteiger partial charge in [0, 0.05) is 18.4 Å². The van der Waals surface area contributed by atoms with Crippen molar-refractivity contribution in [1.29, 1.82) is 0 Å². The molecule has 20 heavy (non-hydrogen) atoms. The summed E-state index contributed by atoms with van der Waals surface area (Å²) in [4.78, 5) is 22.9. The van der Waals surface area contributed by atoms with Crippen LogP contribution in [0.4, 0.5) is 0 Å². The lowest BCUT2D eigenvalue weighted by molar-refractivity contribution is -0.120. The zero-order valence-electron chi connectivity index (χ0n) is 10.9. The van der Waals surface area contributed by atoms with E-state index in [-0.39, 0.29) is 5.91 Å². The summed E-state index contributed by atoms with van der Waals surface area (Å²) >= 11 is 0. The highest BCUT2D eigenvalue weighted by Crippen LogP contribution is 2.31. The van der Waals surface area contributed by atoms with Gasteiger partial charge in [-0.25, -0.2) is 4.79 Å². The number of fused-ring (bicyclic) bond motifs is 1. The number of rotatable bonds is 1. The van der Waals surface area contributed by atoms with Crippen LogP contribution in [0.15, 0.2) is 35.7 Å². The summed E-state index contributed by atoms with van der Waals surface area (Å²) in [6.45, 7) is 0. The Balaban J connectivity index is 1.99. The van der Waals surface area contributed by atoms with Crippen LogP contribution in [0.5, 0.6) is 5.75 Å². The predicted molar refractivity (Wildman–Crippen MR) is 71.8 cm³/mol. The van der Waals surface area contributed by atoms with Gasteiger partial charge in [0.05, 0.1) is 18.4 Å². The molecule has 1 aromatic rings. The van der Waals surface area contributed by atoms with Gasteiger partial charge >= 0.3 is 5.97 Å². The Morgan fingerprint density at radius 1 is 1.30 bits per heavy atom. The fraction of sp³-hybridized carbons (Fsp3) is 0.200. The molecule has 0 aromatic heterocycles. The van der Waals surface area contributed by atoms with E-state index in [1.165, 1.54) is 7.11 Å². The Morgan fingerprint density at radius 3 is 2.95 bits per heavy atom. The Bertz CT molecular complexity index is 658. The molecule has 0 saturated carbocycles. The molecule has 0 fully saturated rings. The van der Waals surface area contributed by atoms with Crippen molar-refractivity contribution in [2.24, 2.45) is 0 Å². The van der Waals surface area contributed by atoms with E-state index < -0.39 is 5.97 Å². The highest BCUT2D eigenvalue weighted by molar-refractivity contribution is 5.90. The van der Waals surface area contributed by atoms with Crippen LogP contribution in [0.3, 0.4) is 0 Å². The van der Waals surface area contributed by atoms with Crippen molar-refractivity contribution < 1.29 is 19.1 Å². The van der Waals surface area contributed by atoms with Gasteiger partial charge in [0.15, 0.2) is 0 Å². The van der Waals surface area contributed by atoms with Crippen LogP contribution in [-0.4, -0.2) is 19.0 Å². The summed E-state index contributed by atoms with van der Waals surface area (Å²) in [5.41, 5.74) is 1.96. The van der Waals surface area contributed by atoms with Crippen molar-refractivity contribution in [3.63, 3.8) is 0 Å². The molecule has 1 N–H and O–H groups in total. The fourth-order valence-corrected chi connectivity index (χ4v) is 2.20. The quantitative estimate of drug-likeness (QED) is 0.793. The Kier molecular flexibility index (Phi) is 3.02. The average molecular weight is 271 g/mol. The first-order valence-electron chi connectivity index (χ1n) is 6.28. The molecule has 102 valence electrons. The topological polar surface area (TPSA) is 64.6 Å². The van der Waals surface area contributed by atoms with Gasteiger partial charge in [-0.3, -0.25) is 4.79 Å². The summed E-state index contributed by atoms with van der Waals surface area (Å²) in [5.74, 6) is 0.876. The van der Waals surface area contributed by atoms with Gasteiger partial charge in [0.2, 0.25) is 5.91 Å². The molecule has 0 radical (unpaired) electrons. The minimum Gasteiger partial charge on any atom is -0.465 e. The first kappa shape index (κ1) is 12.5. The van der Waals surface area contributed by atoms with Crippen molar-refractivity contribution >= 4 is 18.0 Å². The minimum absolute atomic E-state index is 0.0156. The van der Waals surface area contributed by atoms with E-state index in [1.807, 2.05) is 12.2 Å². The lowest BCUT2D eigenvalue weighted by atomic mass is 10.1. The van der Waals surface area contributed by atoms with Crippen molar-refractivity contribution in [1.82, 2.24) is 5.32 Å². The molecule has 0 atom stereocenters. The molecule has 0 saturated heterocycles. The molecule has 0 aliphatic carbocycles. The maximum atomic E-state index is 11.5. The van der Waals surface area contributed by atoms with Gasteiger partial charge in [-0.2, -0.15) is 0 Å². The van der Waals surface area contributed by atoms with Crippen LogP contribution in [0.2, 0.25) is 0 Å². The first-order valence-corrected chi connectivity index (χ1v) is 6.28. The van der Waals surface area contributed by atoms with Crippen LogP contribution < -0.4 is 10.1 Å². The molecular formula is C15H13NO4. The number of hydrogen-bond acceptors (Lipinski definition) is 4. The summed E-state index contributed by atoms with van der Waals surface area (Å²) in [6.07, 6.45) is 4.62. The minimum atomic E-state index is -0.407. The molecule has 1 aromatic carbocycles. The van der Waals surface area contributed by atoms with E-state index in [1.54, 1.807) is 18.2 Å². The van der Waals surface area contributed by atoms with Crippen LogP contribution in [0, 0.1) is 0 Å². The SMILES string of the molecule is COC(=O)c1ccc2c(c1)OC1=C(C=C2)NC(=O)CC1. The molecule has 3 rings (SSSR count). The lowest BCUT2D eigenvalue weighted by Crippen LogP contribution is -2.28. The number of ether oxygens (including phenoxy) is 2. The molecule has 2 aliphatic rings. The molecule has 0 unspecified atom stereocenters. The number of nitrogens with one attached hydrogen (secondary N) is 1. The highest BCUT2D eigenvalue weighted by atomic mass is 16.5. The predicted octanol–water partition coefficient (Wildman–Crippen LogP) is 2.00. The van der Waals surface area contributed by atoms with Gasteiger partial charge in [-0.1, -0.05) is 6.07 Å². The lowest BCUT2D eigenvalue weighted by Gasteiger charge is -2.18. The molecule has 5 nitrogen and oxygen atoms in total. The van der Waals surface area contributed by atoms with Gasteiger partial charge in [0.1, 0.15) is 11.5 Å². The molecule has 0 bridgehead atoms. The maximum absolute atomic E-state index is 11.5. The molecule has 5 heteroatoms. The van der Waals surface area contributed by atoms with E-state index >= 15 is 0 Å². The number of benzene rings is 1. The van der Waals surface area contributed by atoms with Crippen molar-refractivity contribution in [2.75, 3.05) is 7.11 Å². The molecular weight excluding hydrogens is 258 g/mol. The van der Waals surface area contributed by atoms with Gasteiger partial charge in [-0.15, -0.1) is 0 Å². The van der Waals surface area contributed by atoms with Gasteiger partial charge in [0.25, 0.3) is 0 Å². The number of allylic oxidation sites excluding steroid dienone is 2. The van der Waals surface area contributed by atoms with E-state index in [4.69, 9.17) is 9.47 Å². The normalized spacial score (nSPS) is 16.6. The number of carbonyl (C=O) groups excluding carboxylic acids is 2.